The number of hydrogen-bond acceptors (Lipinski definition) is 1. The second kappa shape index (κ2) is 7.89. The molecule has 3 aromatic rings. The summed E-state index contributed by atoms with van der Waals surface area (Å²) >= 11 is 0. The summed E-state index contributed by atoms with van der Waals surface area (Å²) in [5, 5.41) is 4.21. The fraction of sp³-hybridized carbons (Fsp3) is 0.167. The number of allylic oxidation sites excluding steroid dienone is 1. The number of rotatable bonds is 4. The van der Waals surface area contributed by atoms with Crippen molar-refractivity contribution in [2.75, 3.05) is 6.61 Å². The molecule has 0 unspecified atom stereocenters. The van der Waals surface area contributed by atoms with E-state index in [-0.39, 0.29) is 0 Å². The van der Waals surface area contributed by atoms with Crippen molar-refractivity contribution >= 4 is 23.2 Å². The van der Waals surface area contributed by atoms with Crippen molar-refractivity contribution in [1.82, 2.24) is 0 Å². The third-order valence-corrected chi connectivity index (χ3v) is 9.66. The van der Waals surface area contributed by atoms with Crippen LogP contribution in [-0.4, -0.2) is 6.61 Å². The van der Waals surface area contributed by atoms with E-state index in [1.807, 2.05) is 0 Å². The second-order valence-electron chi connectivity index (χ2n) is 6.82. The minimum absolute atomic E-state index is 0.842. The predicted octanol–water partition coefficient (Wildman–Crippen LogP) is 4.75. The summed E-state index contributed by atoms with van der Waals surface area (Å²) in [5.41, 5.74) is 0. The van der Waals surface area contributed by atoms with Gasteiger partial charge in [-0.25, -0.2) is 0 Å². The topological polar surface area (TPSA) is 9.23 Å². The SMILES string of the molecule is C(=C1CCCCO1)[PH](c1ccccc1)(c1ccccc1)c1ccccc1. The maximum atomic E-state index is 6.09. The van der Waals surface area contributed by atoms with Crippen LogP contribution >= 0.6 is 7.26 Å². The van der Waals surface area contributed by atoms with Gasteiger partial charge >= 0.3 is 156 Å². The molecule has 0 N–H and O–H groups in total. The van der Waals surface area contributed by atoms with Crippen molar-refractivity contribution in [2.24, 2.45) is 0 Å². The molecule has 0 atom stereocenters. The fourth-order valence-electron chi connectivity index (χ4n) is 3.89. The van der Waals surface area contributed by atoms with E-state index >= 15 is 0 Å². The molecule has 0 bridgehead atoms. The van der Waals surface area contributed by atoms with E-state index in [1.165, 1.54) is 28.1 Å². The van der Waals surface area contributed by atoms with Crippen molar-refractivity contribution in [3.8, 4) is 0 Å². The molecular weight excluding hydrogens is 335 g/mol. The first-order valence-electron chi connectivity index (χ1n) is 9.41. The van der Waals surface area contributed by atoms with Gasteiger partial charge < -0.3 is 0 Å². The van der Waals surface area contributed by atoms with Gasteiger partial charge in [0.2, 0.25) is 0 Å². The van der Waals surface area contributed by atoms with Crippen molar-refractivity contribution in [3.05, 3.63) is 103 Å². The second-order valence-corrected chi connectivity index (χ2v) is 10.5. The van der Waals surface area contributed by atoms with Crippen molar-refractivity contribution < 1.29 is 4.74 Å². The molecule has 0 saturated carbocycles. The summed E-state index contributed by atoms with van der Waals surface area (Å²) in [7, 11) is -2.30. The summed E-state index contributed by atoms with van der Waals surface area (Å²) in [6.07, 6.45) is 3.42. The van der Waals surface area contributed by atoms with Gasteiger partial charge in [-0.3, -0.25) is 0 Å². The van der Waals surface area contributed by atoms with Crippen LogP contribution in [0, 0.1) is 0 Å². The van der Waals surface area contributed by atoms with Gasteiger partial charge in [-0.1, -0.05) is 0 Å². The van der Waals surface area contributed by atoms with Crippen LogP contribution < -0.4 is 15.9 Å². The molecule has 3 aromatic carbocycles. The Morgan fingerprint density at radius 3 is 1.46 bits per heavy atom. The van der Waals surface area contributed by atoms with Gasteiger partial charge in [0.05, 0.1) is 0 Å². The standard InChI is InChI=1S/C24H25OP/c1-4-13-22(14-5-1)26(23-15-6-2-7-16-23,24-17-8-3-9-18-24)20-21-12-10-11-19-25-21/h1-9,13-18,20,26H,10-12,19H2. The molecule has 1 heterocycles. The first-order chi connectivity index (χ1) is 12.9. The number of hydrogen-bond donors (Lipinski definition) is 0. The molecule has 0 spiro atoms. The molecule has 1 nitrogen and oxygen atoms in total. The predicted molar refractivity (Wildman–Crippen MR) is 114 cm³/mol. The van der Waals surface area contributed by atoms with Gasteiger partial charge in [0, 0.05) is 0 Å². The van der Waals surface area contributed by atoms with Crippen LogP contribution in [0.3, 0.4) is 0 Å². The average Bonchev–Trinajstić information content (AvgIpc) is 2.75. The number of benzene rings is 3. The van der Waals surface area contributed by atoms with E-state index in [0.29, 0.717) is 0 Å². The summed E-state index contributed by atoms with van der Waals surface area (Å²) < 4.78 is 6.09. The Labute approximate surface area is 156 Å². The Hall–Kier alpha value is -2.37. The van der Waals surface area contributed by atoms with Gasteiger partial charge in [0.25, 0.3) is 0 Å². The average molecular weight is 360 g/mol. The maximum absolute atomic E-state index is 6.09. The van der Waals surface area contributed by atoms with E-state index in [1.54, 1.807) is 0 Å². The van der Waals surface area contributed by atoms with Crippen molar-refractivity contribution in [2.45, 2.75) is 19.3 Å². The monoisotopic (exact) mass is 360 g/mol. The molecule has 1 aliphatic rings. The molecule has 0 amide bonds. The summed E-state index contributed by atoms with van der Waals surface area (Å²) in [6.45, 7) is 0.842. The van der Waals surface area contributed by atoms with Gasteiger partial charge in [0.15, 0.2) is 0 Å². The molecule has 1 fully saturated rings. The van der Waals surface area contributed by atoms with Crippen LogP contribution in [0.2, 0.25) is 0 Å². The van der Waals surface area contributed by atoms with E-state index in [9.17, 15) is 0 Å². The zero-order valence-electron chi connectivity index (χ0n) is 15.0. The summed E-state index contributed by atoms with van der Waals surface area (Å²) in [5.74, 6) is 3.66. The van der Waals surface area contributed by atoms with E-state index in [2.05, 4.69) is 96.8 Å². The Balaban J connectivity index is 2.00. The van der Waals surface area contributed by atoms with Crippen LogP contribution in [0.5, 0.6) is 0 Å². The van der Waals surface area contributed by atoms with Gasteiger partial charge in [0.1, 0.15) is 0 Å². The fourth-order valence-corrected chi connectivity index (χ4v) is 8.25. The number of ether oxygens (including phenoxy) is 1. The molecule has 26 heavy (non-hydrogen) atoms. The molecule has 4 rings (SSSR count). The molecule has 0 aliphatic carbocycles. The quantitative estimate of drug-likeness (QED) is 0.610. The van der Waals surface area contributed by atoms with E-state index in [4.69, 9.17) is 4.74 Å². The zero-order valence-corrected chi connectivity index (χ0v) is 16.0. The van der Waals surface area contributed by atoms with E-state index < -0.39 is 7.26 Å². The third-order valence-electron chi connectivity index (χ3n) is 5.17. The van der Waals surface area contributed by atoms with Crippen molar-refractivity contribution in [3.63, 3.8) is 0 Å². The van der Waals surface area contributed by atoms with Crippen LogP contribution in [0.1, 0.15) is 19.3 Å². The van der Waals surface area contributed by atoms with Crippen LogP contribution in [0.4, 0.5) is 0 Å². The normalized spacial score (nSPS) is 16.8. The Bertz CT molecular complexity index is 752. The Morgan fingerprint density at radius 1 is 0.615 bits per heavy atom. The summed E-state index contributed by atoms with van der Waals surface area (Å²) in [6, 6.07) is 32.9. The molecule has 0 radical (unpaired) electrons. The summed E-state index contributed by atoms with van der Waals surface area (Å²) in [4.78, 5) is 0. The van der Waals surface area contributed by atoms with Crippen LogP contribution in [0.15, 0.2) is 103 Å². The van der Waals surface area contributed by atoms with Crippen LogP contribution in [0.25, 0.3) is 0 Å². The van der Waals surface area contributed by atoms with Crippen molar-refractivity contribution in [1.29, 1.82) is 0 Å². The van der Waals surface area contributed by atoms with E-state index in [0.717, 1.165) is 19.4 Å². The molecule has 0 aromatic heterocycles. The Kier molecular flexibility index (Phi) is 5.18. The Morgan fingerprint density at radius 2 is 1.08 bits per heavy atom. The molecular formula is C24H25OP. The molecule has 132 valence electrons. The zero-order chi connectivity index (χ0) is 17.7. The molecule has 2 heteroatoms. The molecule has 1 aliphatic heterocycles. The third kappa shape index (κ3) is 3.32. The van der Waals surface area contributed by atoms with Crippen LogP contribution in [-0.2, 0) is 4.74 Å². The van der Waals surface area contributed by atoms with Gasteiger partial charge in [-0.05, 0) is 0 Å². The van der Waals surface area contributed by atoms with Gasteiger partial charge in [-0.15, -0.1) is 0 Å². The van der Waals surface area contributed by atoms with Gasteiger partial charge in [-0.2, -0.15) is 0 Å². The first kappa shape index (κ1) is 17.1. The molecule has 1 saturated heterocycles. The minimum atomic E-state index is -2.30. The first-order valence-corrected chi connectivity index (χ1v) is 11.5.